The Hall–Kier alpha value is -0.830. The van der Waals surface area contributed by atoms with E-state index in [4.69, 9.17) is 9.05 Å². The number of benzene rings is 2. The molecular formula is C14H13N2Na2O6P. The van der Waals surface area contributed by atoms with E-state index in [1.165, 1.54) is 30.5 Å². The Labute approximate surface area is 186 Å². The zero-order valence-electron chi connectivity index (χ0n) is 11.6. The molecule has 2 N–H and O–H groups in total. The van der Waals surface area contributed by atoms with Crippen molar-refractivity contribution in [3.8, 4) is 11.5 Å². The zero-order valence-corrected chi connectivity index (χ0v) is 12.5. The number of nitrogens with one attached hydrogen (secondary N) is 1. The van der Waals surface area contributed by atoms with E-state index in [0.717, 1.165) is 5.52 Å². The first-order valence-electron chi connectivity index (χ1n) is 6.47. The van der Waals surface area contributed by atoms with Crippen molar-refractivity contribution < 1.29 is 23.4 Å². The number of non-ortho nitro benzene ring substituents is 1. The number of phosphoric ester groups is 1. The average Bonchev–Trinajstić information content (AvgIpc) is 2.90. The zero-order chi connectivity index (χ0) is 16.4. The van der Waals surface area contributed by atoms with E-state index in [1.807, 2.05) is 6.07 Å². The second-order valence-electron chi connectivity index (χ2n) is 4.60. The number of nitrogens with zero attached hydrogens (tertiary/aromatic N) is 1. The van der Waals surface area contributed by atoms with Gasteiger partial charge >= 0.3 is 66.9 Å². The molecule has 1 atom stereocenters. The maximum atomic E-state index is 12.1. The molecule has 122 valence electrons. The van der Waals surface area contributed by atoms with Crippen LogP contribution in [0.25, 0.3) is 10.9 Å². The van der Waals surface area contributed by atoms with Crippen molar-refractivity contribution >= 4 is 83.5 Å². The van der Waals surface area contributed by atoms with Crippen LogP contribution >= 0.6 is 7.82 Å². The van der Waals surface area contributed by atoms with Gasteiger partial charge in [0.1, 0.15) is 5.75 Å². The summed E-state index contributed by atoms with van der Waals surface area (Å²) < 4.78 is 22.0. The summed E-state index contributed by atoms with van der Waals surface area (Å²) in [6.07, 6.45) is 1.45. The van der Waals surface area contributed by atoms with Crippen LogP contribution in [0.4, 0.5) is 5.69 Å². The van der Waals surface area contributed by atoms with Gasteiger partial charge in [-0.15, -0.1) is 0 Å². The number of H-pyrrole nitrogens is 1. The fourth-order valence-corrected chi connectivity index (χ4v) is 2.85. The molecule has 3 rings (SSSR count). The fraction of sp³-hybridized carbons (Fsp3) is 0. The number of aromatic amines is 1. The Bertz CT molecular complexity index is 915. The predicted octanol–water partition coefficient (Wildman–Crippen LogP) is 2.34. The summed E-state index contributed by atoms with van der Waals surface area (Å²) in [7, 11) is -4.44. The van der Waals surface area contributed by atoms with Crippen molar-refractivity contribution in [2.75, 3.05) is 0 Å². The molecule has 0 saturated carbocycles. The molecule has 0 fully saturated rings. The van der Waals surface area contributed by atoms with E-state index in [9.17, 15) is 19.6 Å². The van der Waals surface area contributed by atoms with E-state index in [0.29, 0.717) is 5.39 Å². The molecule has 1 heterocycles. The van der Waals surface area contributed by atoms with Crippen LogP contribution in [0.15, 0.2) is 54.7 Å². The Kier molecular flexibility index (Phi) is 8.18. The molecule has 2 aromatic carbocycles. The van der Waals surface area contributed by atoms with E-state index in [-0.39, 0.29) is 76.3 Å². The molecule has 1 aromatic heterocycles. The Balaban J connectivity index is 0.00000156. The third kappa shape index (κ3) is 5.57. The fourth-order valence-electron chi connectivity index (χ4n) is 2.03. The number of rotatable bonds is 5. The van der Waals surface area contributed by atoms with Gasteiger partial charge < -0.3 is 14.0 Å². The van der Waals surface area contributed by atoms with Gasteiger partial charge in [-0.05, 0) is 24.3 Å². The molecule has 25 heavy (non-hydrogen) atoms. The molecular weight excluding hydrogens is 369 g/mol. The number of nitro benzene ring substituents is 1. The second kappa shape index (κ2) is 9.21. The van der Waals surface area contributed by atoms with Gasteiger partial charge in [0.2, 0.25) is 0 Å². The number of phosphoric acid groups is 1. The van der Waals surface area contributed by atoms with Crippen LogP contribution in [0, 0.1) is 10.1 Å². The van der Waals surface area contributed by atoms with E-state index in [2.05, 4.69) is 4.98 Å². The molecule has 8 nitrogen and oxygen atoms in total. The average molecular weight is 382 g/mol. The Morgan fingerprint density at radius 3 is 2.32 bits per heavy atom. The molecule has 0 aliphatic carbocycles. The number of nitro groups is 1. The van der Waals surface area contributed by atoms with Crippen molar-refractivity contribution in [3.05, 3.63) is 64.8 Å². The van der Waals surface area contributed by atoms with Crippen molar-refractivity contribution in [2.45, 2.75) is 0 Å². The minimum atomic E-state index is -4.44. The number of hydrogen-bond acceptors (Lipinski definition) is 5. The van der Waals surface area contributed by atoms with Gasteiger partial charge in [-0.2, -0.15) is 0 Å². The predicted molar refractivity (Wildman–Crippen MR) is 96.8 cm³/mol. The molecule has 11 heteroatoms. The Morgan fingerprint density at radius 1 is 1.04 bits per heavy atom. The molecule has 0 saturated heterocycles. The van der Waals surface area contributed by atoms with Crippen LogP contribution in [0.2, 0.25) is 0 Å². The summed E-state index contributed by atoms with van der Waals surface area (Å²) >= 11 is 0. The van der Waals surface area contributed by atoms with Gasteiger partial charge in [-0.25, -0.2) is 4.57 Å². The van der Waals surface area contributed by atoms with Crippen molar-refractivity contribution in [2.24, 2.45) is 0 Å². The summed E-state index contributed by atoms with van der Waals surface area (Å²) in [6.45, 7) is 0. The first kappa shape index (κ1) is 22.2. The van der Waals surface area contributed by atoms with Crippen molar-refractivity contribution in [1.82, 2.24) is 4.98 Å². The molecule has 3 aromatic rings. The second-order valence-corrected chi connectivity index (χ2v) is 5.90. The van der Waals surface area contributed by atoms with Gasteiger partial charge in [0.15, 0.2) is 5.75 Å². The van der Waals surface area contributed by atoms with Gasteiger partial charge in [0, 0.05) is 29.2 Å². The molecule has 0 amide bonds. The van der Waals surface area contributed by atoms with Crippen molar-refractivity contribution in [3.63, 3.8) is 0 Å². The van der Waals surface area contributed by atoms with Crippen molar-refractivity contribution in [1.29, 1.82) is 0 Å². The van der Waals surface area contributed by atoms with Gasteiger partial charge in [-0.3, -0.25) is 15.0 Å². The van der Waals surface area contributed by atoms with Crippen LogP contribution in [-0.4, -0.2) is 73.9 Å². The SMILES string of the molecule is O=[N+]([O-])c1ccc(OP(=O)(O)Oc2c[nH]c3ccccc23)cc1.[NaH].[NaH]. The molecule has 0 radical (unpaired) electrons. The molecule has 1 unspecified atom stereocenters. The summed E-state index contributed by atoms with van der Waals surface area (Å²) in [5.74, 6) is 0.162. The van der Waals surface area contributed by atoms with Crippen LogP contribution in [-0.2, 0) is 4.57 Å². The summed E-state index contributed by atoms with van der Waals surface area (Å²) in [6, 6.07) is 11.9. The molecule has 0 spiro atoms. The Morgan fingerprint density at radius 2 is 1.68 bits per heavy atom. The summed E-state index contributed by atoms with van der Waals surface area (Å²) in [5.41, 5.74) is 0.598. The van der Waals surface area contributed by atoms with E-state index < -0.39 is 12.7 Å². The first-order chi connectivity index (χ1) is 10.9. The number of hydrogen-bond donors (Lipinski definition) is 2. The summed E-state index contributed by atoms with van der Waals surface area (Å²) in [4.78, 5) is 22.7. The standard InChI is InChI=1S/C14H11N2O6P.2Na.2H/c17-16(18)10-5-7-11(8-6-10)21-23(19,20)22-14-9-15-13-4-2-1-3-12(13)14;;;;/h1-9,15H,(H,19,20);;;;. The molecule has 0 bridgehead atoms. The van der Waals surface area contributed by atoms with Gasteiger partial charge in [0.25, 0.3) is 5.69 Å². The molecule has 0 aliphatic rings. The normalized spacial score (nSPS) is 12.4. The third-order valence-corrected chi connectivity index (χ3v) is 3.90. The minimum absolute atomic E-state index is 0. The quantitative estimate of drug-likeness (QED) is 0.303. The van der Waals surface area contributed by atoms with Gasteiger partial charge in [-0.1, -0.05) is 12.1 Å². The molecule has 0 aliphatic heterocycles. The number of para-hydroxylation sites is 1. The number of fused-ring (bicyclic) bond motifs is 1. The van der Waals surface area contributed by atoms with Crippen LogP contribution < -0.4 is 9.05 Å². The van der Waals surface area contributed by atoms with E-state index in [1.54, 1.807) is 18.2 Å². The van der Waals surface area contributed by atoms with E-state index >= 15 is 0 Å². The van der Waals surface area contributed by atoms with Crippen LogP contribution in [0.5, 0.6) is 11.5 Å². The van der Waals surface area contributed by atoms with Crippen LogP contribution in [0.1, 0.15) is 0 Å². The maximum absolute atomic E-state index is 12.1. The first-order valence-corrected chi connectivity index (χ1v) is 7.97. The van der Waals surface area contributed by atoms with Gasteiger partial charge in [0.05, 0.1) is 4.92 Å². The monoisotopic (exact) mass is 382 g/mol. The van der Waals surface area contributed by atoms with Crippen LogP contribution in [0.3, 0.4) is 0 Å². The number of aromatic nitrogens is 1. The summed E-state index contributed by atoms with van der Waals surface area (Å²) in [5, 5.41) is 11.2. The third-order valence-electron chi connectivity index (χ3n) is 3.03. The topological polar surface area (TPSA) is 115 Å².